The highest BCUT2D eigenvalue weighted by atomic mass is 16.5. The molecule has 0 unspecified atom stereocenters. The maximum Gasteiger partial charge on any atom is 0.338 e. The van der Waals surface area contributed by atoms with Gasteiger partial charge >= 0.3 is 5.97 Å². The monoisotopic (exact) mass is 666 g/mol. The zero-order chi connectivity index (χ0) is 34.6. The van der Waals surface area contributed by atoms with Gasteiger partial charge in [0.2, 0.25) is 0 Å². The lowest BCUT2D eigenvalue weighted by molar-refractivity contribution is -0.0594. The third-order valence-electron chi connectivity index (χ3n) is 13.5. The Kier molecular flexibility index (Phi) is 11.4. The number of hydrogen-bond acceptors (Lipinski definition) is 5. The van der Waals surface area contributed by atoms with Crippen molar-refractivity contribution in [2.45, 2.75) is 131 Å². The summed E-state index contributed by atoms with van der Waals surface area (Å²) >= 11 is 0. The van der Waals surface area contributed by atoms with Crippen LogP contribution in [0.2, 0.25) is 0 Å². The summed E-state index contributed by atoms with van der Waals surface area (Å²) in [6, 6.07) is 14.9. The van der Waals surface area contributed by atoms with E-state index in [2.05, 4.69) is 57.8 Å². The number of allylic oxidation sites excluding steroid dienone is 1. The van der Waals surface area contributed by atoms with Crippen LogP contribution in [0.15, 0.2) is 70.4 Å². The third kappa shape index (κ3) is 7.86. The van der Waals surface area contributed by atoms with E-state index in [9.17, 15) is 4.79 Å². The summed E-state index contributed by atoms with van der Waals surface area (Å²) in [4.78, 5) is 13.2. The van der Waals surface area contributed by atoms with E-state index in [-0.39, 0.29) is 17.5 Å². The van der Waals surface area contributed by atoms with Crippen LogP contribution in [0.4, 0.5) is 11.4 Å². The first-order valence-corrected chi connectivity index (χ1v) is 19.8. The van der Waals surface area contributed by atoms with Crippen LogP contribution in [-0.2, 0) is 4.74 Å². The first-order valence-electron chi connectivity index (χ1n) is 19.8. The van der Waals surface area contributed by atoms with Gasteiger partial charge in [0.05, 0.1) is 23.5 Å². The lowest BCUT2D eigenvalue weighted by atomic mass is 9.47. The van der Waals surface area contributed by atoms with Gasteiger partial charge in [-0.15, -0.1) is 0 Å². The number of carbonyl (C=O) groups is 1. The average molecular weight is 667 g/mol. The first kappa shape index (κ1) is 35.9. The molecule has 0 heterocycles. The van der Waals surface area contributed by atoms with Gasteiger partial charge in [0.15, 0.2) is 0 Å². The van der Waals surface area contributed by atoms with Gasteiger partial charge in [0.25, 0.3) is 0 Å². The van der Waals surface area contributed by atoms with E-state index in [0.717, 1.165) is 85.7 Å². The van der Waals surface area contributed by atoms with Crippen LogP contribution in [0.5, 0.6) is 5.75 Å². The molecule has 0 saturated heterocycles. The van der Waals surface area contributed by atoms with Crippen LogP contribution in [-0.4, -0.2) is 18.7 Å². The SMILES string of the molecule is CCCCOc1ccc(N=Nc2ccc(C(=O)O[C@@H]3CC[C@@]4(C)C(=CC[C@H]5[C@@H]6CC[C@H]([C@H](C)CCCC(C)C)[C@@]6(C)CC[C@@H]54)C3)cc2)cc1. The number of carbonyl (C=O) groups excluding carboxylic acids is 1. The van der Waals surface area contributed by atoms with Crippen molar-refractivity contribution in [3.8, 4) is 5.75 Å². The Morgan fingerprint density at radius 1 is 0.857 bits per heavy atom. The van der Waals surface area contributed by atoms with E-state index in [1.165, 1.54) is 51.4 Å². The molecule has 4 aliphatic rings. The van der Waals surface area contributed by atoms with E-state index in [0.29, 0.717) is 16.7 Å². The molecule has 6 rings (SSSR count). The minimum absolute atomic E-state index is 0.0481. The molecular weight excluding hydrogens is 604 g/mol. The smallest absolute Gasteiger partial charge is 0.338 e. The van der Waals surface area contributed by atoms with Gasteiger partial charge in [-0.2, -0.15) is 10.2 Å². The van der Waals surface area contributed by atoms with Crippen molar-refractivity contribution in [2.75, 3.05) is 6.61 Å². The van der Waals surface area contributed by atoms with E-state index < -0.39 is 0 Å². The lowest BCUT2D eigenvalue weighted by Crippen LogP contribution is -2.51. The molecule has 0 amide bonds. The highest BCUT2D eigenvalue weighted by Gasteiger charge is 2.59. The molecule has 4 aliphatic carbocycles. The molecule has 0 bridgehead atoms. The molecule has 266 valence electrons. The molecule has 49 heavy (non-hydrogen) atoms. The Morgan fingerprint density at radius 3 is 2.27 bits per heavy atom. The summed E-state index contributed by atoms with van der Waals surface area (Å²) in [5, 5.41) is 8.71. The normalized spacial score (nSPS) is 31.5. The predicted molar refractivity (Wildman–Crippen MR) is 200 cm³/mol. The van der Waals surface area contributed by atoms with Gasteiger partial charge in [-0.1, -0.05) is 78.9 Å². The molecular formula is C44H62N2O3. The number of azo groups is 1. The Hall–Kier alpha value is -2.95. The second kappa shape index (κ2) is 15.5. The van der Waals surface area contributed by atoms with Gasteiger partial charge in [-0.3, -0.25) is 0 Å². The van der Waals surface area contributed by atoms with Crippen molar-refractivity contribution in [1.82, 2.24) is 0 Å². The van der Waals surface area contributed by atoms with Crippen molar-refractivity contribution in [2.24, 2.45) is 56.6 Å². The maximum atomic E-state index is 13.2. The van der Waals surface area contributed by atoms with Crippen molar-refractivity contribution in [3.63, 3.8) is 0 Å². The van der Waals surface area contributed by atoms with Crippen LogP contribution in [0.3, 0.4) is 0 Å². The number of nitrogens with zero attached hydrogens (tertiary/aromatic N) is 2. The standard InChI is InChI=1S/C44H62N2O3/c1-7-8-28-48-36-19-17-35(18-20-36)46-45-34-15-12-32(13-16-34)42(47)49-37-24-26-43(5)33(29-37)14-21-38-40-23-22-39(31(4)11-9-10-30(2)3)44(40,6)27-25-41(38)43/h12-20,30-31,37-41H,7-11,21-29H2,1-6H3/t31-,37-,38+,39-,40+,41+,43+,44-/m1/s1. The van der Waals surface area contributed by atoms with Gasteiger partial charge in [-0.05, 0) is 146 Å². The largest absolute Gasteiger partial charge is 0.494 e. The average Bonchev–Trinajstić information content (AvgIpc) is 3.45. The van der Waals surface area contributed by atoms with Crippen molar-refractivity contribution < 1.29 is 14.3 Å². The first-order chi connectivity index (χ1) is 23.6. The number of ether oxygens (including phenoxy) is 2. The highest BCUT2D eigenvalue weighted by molar-refractivity contribution is 5.89. The van der Waals surface area contributed by atoms with Gasteiger partial charge in [0.1, 0.15) is 11.9 Å². The molecule has 3 fully saturated rings. The van der Waals surface area contributed by atoms with E-state index in [1.54, 1.807) is 17.7 Å². The number of fused-ring (bicyclic) bond motifs is 5. The number of esters is 1. The van der Waals surface area contributed by atoms with Crippen LogP contribution in [0.1, 0.15) is 135 Å². The maximum absolute atomic E-state index is 13.2. The third-order valence-corrected chi connectivity index (χ3v) is 13.5. The second-order valence-corrected chi connectivity index (χ2v) is 17.0. The fraction of sp³-hybridized carbons (Fsp3) is 0.659. The van der Waals surface area contributed by atoms with E-state index >= 15 is 0 Å². The lowest BCUT2D eigenvalue weighted by Gasteiger charge is -2.58. The molecule has 0 aromatic heterocycles. The zero-order valence-corrected chi connectivity index (χ0v) is 31.3. The van der Waals surface area contributed by atoms with E-state index in [1.807, 2.05) is 36.4 Å². The summed E-state index contributed by atoms with van der Waals surface area (Å²) < 4.78 is 11.9. The Labute approximate surface area is 296 Å². The molecule has 2 aromatic rings. The van der Waals surface area contributed by atoms with E-state index in [4.69, 9.17) is 9.47 Å². The molecule has 8 atom stereocenters. The fourth-order valence-corrected chi connectivity index (χ4v) is 10.7. The Balaban J connectivity index is 1.02. The van der Waals surface area contributed by atoms with Crippen LogP contribution in [0, 0.1) is 46.3 Å². The molecule has 0 aliphatic heterocycles. The number of benzene rings is 2. The molecule has 5 nitrogen and oxygen atoms in total. The number of unbranched alkanes of at least 4 members (excludes halogenated alkanes) is 1. The topological polar surface area (TPSA) is 60.2 Å². The fourth-order valence-electron chi connectivity index (χ4n) is 10.7. The minimum Gasteiger partial charge on any atom is -0.494 e. The quantitative estimate of drug-likeness (QED) is 0.0925. The minimum atomic E-state index is -0.238. The zero-order valence-electron chi connectivity index (χ0n) is 31.3. The number of rotatable bonds is 13. The van der Waals surface area contributed by atoms with Crippen molar-refractivity contribution in [1.29, 1.82) is 0 Å². The number of hydrogen-bond donors (Lipinski definition) is 0. The van der Waals surface area contributed by atoms with Crippen LogP contribution in [0.25, 0.3) is 0 Å². The molecule has 0 N–H and O–H groups in total. The van der Waals surface area contributed by atoms with Gasteiger partial charge in [0, 0.05) is 6.42 Å². The predicted octanol–water partition coefficient (Wildman–Crippen LogP) is 12.8. The van der Waals surface area contributed by atoms with Gasteiger partial charge < -0.3 is 9.47 Å². The summed E-state index contributed by atoms with van der Waals surface area (Å²) in [6.45, 7) is 15.4. The summed E-state index contributed by atoms with van der Waals surface area (Å²) in [7, 11) is 0. The Morgan fingerprint density at radius 2 is 1.57 bits per heavy atom. The molecule has 0 radical (unpaired) electrons. The van der Waals surface area contributed by atoms with Crippen molar-refractivity contribution in [3.05, 3.63) is 65.7 Å². The molecule has 3 saturated carbocycles. The second-order valence-electron chi connectivity index (χ2n) is 17.0. The van der Waals surface area contributed by atoms with Crippen LogP contribution < -0.4 is 4.74 Å². The van der Waals surface area contributed by atoms with Crippen molar-refractivity contribution >= 4 is 17.3 Å². The molecule has 2 aromatic carbocycles. The summed E-state index contributed by atoms with van der Waals surface area (Å²) in [5.74, 6) is 5.63. The molecule has 5 heteroatoms. The van der Waals surface area contributed by atoms with Gasteiger partial charge in [-0.25, -0.2) is 4.79 Å². The summed E-state index contributed by atoms with van der Waals surface area (Å²) in [6.07, 6.45) is 18.7. The van der Waals surface area contributed by atoms with Crippen LogP contribution >= 0.6 is 0 Å². The molecule has 0 spiro atoms. The highest BCUT2D eigenvalue weighted by Crippen LogP contribution is 2.67. The summed E-state index contributed by atoms with van der Waals surface area (Å²) in [5.41, 5.74) is 4.36. The Bertz CT molecular complexity index is 1460.